The fraction of sp³-hybridized carbons (Fsp3) is 0.615. The largest absolute Gasteiger partial charge is 0.384 e. The van der Waals surface area contributed by atoms with Gasteiger partial charge in [-0.2, -0.15) is 0 Å². The molecule has 0 aliphatic heterocycles. The van der Waals surface area contributed by atoms with Crippen molar-refractivity contribution in [2.75, 3.05) is 11.5 Å². The lowest BCUT2D eigenvalue weighted by Gasteiger charge is -2.14. The van der Waals surface area contributed by atoms with Gasteiger partial charge >= 0.3 is 0 Å². The summed E-state index contributed by atoms with van der Waals surface area (Å²) in [5, 5.41) is 0. The molecule has 1 aliphatic carbocycles. The van der Waals surface area contributed by atoms with Crippen molar-refractivity contribution in [1.29, 1.82) is 0 Å². The zero-order chi connectivity index (χ0) is 11.4. The van der Waals surface area contributed by atoms with Crippen LogP contribution in [0.1, 0.15) is 44.1 Å². The first-order valence-electron chi connectivity index (χ1n) is 6.26. The Hall–Kier alpha value is -1.25. The lowest BCUT2D eigenvalue weighted by Crippen LogP contribution is -2.05. The Morgan fingerprint density at radius 3 is 2.12 bits per heavy atom. The van der Waals surface area contributed by atoms with Crippen molar-refractivity contribution in [2.45, 2.75) is 44.9 Å². The zero-order valence-corrected chi connectivity index (χ0v) is 9.78. The van der Waals surface area contributed by atoms with E-state index in [0.29, 0.717) is 11.6 Å². The predicted octanol–water partition coefficient (Wildman–Crippen LogP) is 2.76. The third-order valence-corrected chi connectivity index (χ3v) is 3.42. The van der Waals surface area contributed by atoms with Crippen LogP contribution in [0.2, 0.25) is 0 Å². The molecule has 1 aromatic rings. The van der Waals surface area contributed by atoms with Gasteiger partial charge in [-0.25, -0.2) is 4.98 Å². The van der Waals surface area contributed by atoms with Gasteiger partial charge in [0.15, 0.2) is 0 Å². The fourth-order valence-corrected chi connectivity index (χ4v) is 2.65. The van der Waals surface area contributed by atoms with Crippen molar-refractivity contribution in [1.82, 2.24) is 4.98 Å². The third-order valence-electron chi connectivity index (χ3n) is 3.42. The van der Waals surface area contributed by atoms with Gasteiger partial charge in [0.05, 0.1) is 0 Å². The first kappa shape index (κ1) is 11.2. The molecule has 0 aromatic carbocycles. The Bertz CT molecular complexity index is 321. The minimum atomic E-state index is 0.545. The van der Waals surface area contributed by atoms with E-state index in [-0.39, 0.29) is 0 Å². The SMILES string of the molecule is Nc1cc(CC2CCCCCC2)cc(N)n1. The molecule has 4 N–H and O–H groups in total. The summed E-state index contributed by atoms with van der Waals surface area (Å²) in [5.41, 5.74) is 12.7. The number of pyridine rings is 1. The van der Waals surface area contributed by atoms with Crippen LogP contribution in [0.4, 0.5) is 11.6 Å². The Kier molecular flexibility index (Phi) is 3.65. The van der Waals surface area contributed by atoms with Gasteiger partial charge in [0.1, 0.15) is 11.6 Å². The van der Waals surface area contributed by atoms with Crippen LogP contribution in [0.3, 0.4) is 0 Å². The molecule has 3 nitrogen and oxygen atoms in total. The first-order valence-corrected chi connectivity index (χ1v) is 6.26. The average molecular weight is 219 g/mol. The van der Waals surface area contributed by atoms with Gasteiger partial charge in [-0.15, -0.1) is 0 Å². The molecule has 0 saturated heterocycles. The fourth-order valence-electron chi connectivity index (χ4n) is 2.65. The van der Waals surface area contributed by atoms with E-state index in [9.17, 15) is 0 Å². The zero-order valence-electron chi connectivity index (χ0n) is 9.78. The van der Waals surface area contributed by atoms with E-state index in [0.717, 1.165) is 12.3 Å². The van der Waals surface area contributed by atoms with Gasteiger partial charge in [0.2, 0.25) is 0 Å². The Morgan fingerprint density at radius 1 is 1.00 bits per heavy atom. The summed E-state index contributed by atoms with van der Waals surface area (Å²) in [6.45, 7) is 0. The quantitative estimate of drug-likeness (QED) is 0.752. The molecule has 1 aliphatic rings. The number of hydrogen-bond acceptors (Lipinski definition) is 3. The highest BCUT2D eigenvalue weighted by Crippen LogP contribution is 2.26. The lowest BCUT2D eigenvalue weighted by atomic mass is 9.93. The van der Waals surface area contributed by atoms with E-state index in [1.165, 1.54) is 44.1 Å². The van der Waals surface area contributed by atoms with Crippen LogP contribution >= 0.6 is 0 Å². The van der Waals surface area contributed by atoms with Gasteiger partial charge in [-0.05, 0) is 30.0 Å². The van der Waals surface area contributed by atoms with E-state index >= 15 is 0 Å². The highest BCUT2D eigenvalue weighted by atomic mass is 14.9. The van der Waals surface area contributed by atoms with Gasteiger partial charge < -0.3 is 11.5 Å². The smallest absolute Gasteiger partial charge is 0.126 e. The number of nitrogen functional groups attached to an aromatic ring is 2. The Labute approximate surface area is 97.2 Å². The van der Waals surface area contributed by atoms with Crippen molar-refractivity contribution in [3.63, 3.8) is 0 Å². The normalized spacial score (nSPS) is 18.2. The average Bonchev–Trinajstić information content (AvgIpc) is 2.44. The van der Waals surface area contributed by atoms with Crippen LogP contribution in [0.15, 0.2) is 12.1 Å². The molecule has 3 heteroatoms. The van der Waals surface area contributed by atoms with E-state index in [1.54, 1.807) is 0 Å². The van der Waals surface area contributed by atoms with E-state index in [2.05, 4.69) is 4.98 Å². The van der Waals surface area contributed by atoms with Crippen LogP contribution in [-0.4, -0.2) is 4.98 Å². The monoisotopic (exact) mass is 219 g/mol. The molecule has 1 saturated carbocycles. The summed E-state index contributed by atoms with van der Waals surface area (Å²) in [6.07, 6.45) is 9.36. The summed E-state index contributed by atoms with van der Waals surface area (Å²) < 4.78 is 0. The van der Waals surface area contributed by atoms with Crippen LogP contribution in [0.5, 0.6) is 0 Å². The highest BCUT2D eigenvalue weighted by molar-refractivity contribution is 5.43. The predicted molar refractivity (Wildman–Crippen MR) is 68.0 cm³/mol. The Balaban J connectivity index is 2.01. The molecular weight excluding hydrogens is 198 g/mol. The summed E-state index contributed by atoms with van der Waals surface area (Å²) in [7, 11) is 0. The van der Waals surface area contributed by atoms with Crippen molar-refractivity contribution < 1.29 is 0 Å². The summed E-state index contributed by atoms with van der Waals surface area (Å²) in [4.78, 5) is 4.00. The maximum Gasteiger partial charge on any atom is 0.126 e. The van der Waals surface area contributed by atoms with Crippen LogP contribution in [0, 0.1) is 5.92 Å². The Morgan fingerprint density at radius 2 is 1.56 bits per heavy atom. The molecule has 0 amide bonds. The third kappa shape index (κ3) is 3.12. The number of nitrogens with zero attached hydrogens (tertiary/aromatic N) is 1. The maximum absolute atomic E-state index is 5.70. The first-order chi connectivity index (χ1) is 7.74. The molecule has 0 radical (unpaired) electrons. The molecule has 16 heavy (non-hydrogen) atoms. The maximum atomic E-state index is 5.70. The van der Waals surface area contributed by atoms with Gasteiger partial charge in [-0.1, -0.05) is 38.5 Å². The standard InChI is InChI=1S/C13H21N3/c14-12-8-11(9-13(15)16-12)7-10-5-3-1-2-4-6-10/h8-10H,1-7H2,(H4,14,15,16). The number of nitrogens with two attached hydrogens (primary N) is 2. The van der Waals surface area contributed by atoms with E-state index < -0.39 is 0 Å². The van der Waals surface area contributed by atoms with Crippen molar-refractivity contribution in [3.05, 3.63) is 17.7 Å². The van der Waals surface area contributed by atoms with Crippen LogP contribution < -0.4 is 11.5 Å². The highest BCUT2D eigenvalue weighted by Gasteiger charge is 2.13. The minimum Gasteiger partial charge on any atom is -0.384 e. The van der Waals surface area contributed by atoms with Gasteiger partial charge in [-0.3, -0.25) is 0 Å². The summed E-state index contributed by atoms with van der Waals surface area (Å²) >= 11 is 0. The van der Waals surface area contributed by atoms with Gasteiger partial charge in [0, 0.05) is 0 Å². The molecule has 88 valence electrons. The molecule has 1 heterocycles. The van der Waals surface area contributed by atoms with Crippen LogP contribution in [-0.2, 0) is 6.42 Å². The molecule has 0 bridgehead atoms. The molecule has 2 rings (SSSR count). The minimum absolute atomic E-state index is 0.545. The van der Waals surface area contributed by atoms with E-state index in [1.807, 2.05) is 12.1 Å². The molecule has 0 unspecified atom stereocenters. The second kappa shape index (κ2) is 5.19. The number of rotatable bonds is 2. The molecule has 1 aromatic heterocycles. The molecule has 0 atom stereocenters. The topological polar surface area (TPSA) is 64.9 Å². The molecule has 0 spiro atoms. The van der Waals surface area contributed by atoms with Crippen molar-refractivity contribution in [3.8, 4) is 0 Å². The van der Waals surface area contributed by atoms with Crippen molar-refractivity contribution in [2.24, 2.45) is 5.92 Å². The van der Waals surface area contributed by atoms with Crippen molar-refractivity contribution >= 4 is 11.6 Å². The number of aromatic nitrogens is 1. The molecule has 1 fully saturated rings. The summed E-state index contributed by atoms with van der Waals surface area (Å²) in [6, 6.07) is 3.92. The second-order valence-corrected chi connectivity index (χ2v) is 4.89. The van der Waals surface area contributed by atoms with Crippen LogP contribution in [0.25, 0.3) is 0 Å². The van der Waals surface area contributed by atoms with Gasteiger partial charge in [0.25, 0.3) is 0 Å². The summed E-state index contributed by atoms with van der Waals surface area (Å²) in [5.74, 6) is 1.90. The number of anilines is 2. The molecular formula is C13H21N3. The number of hydrogen-bond donors (Lipinski definition) is 2. The second-order valence-electron chi connectivity index (χ2n) is 4.89. The lowest BCUT2D eigenvalue weighted by molar-refractivity contribution is 0.458. The van der Waals surface area contributed by atoms with E-state index in [4.69, 9.17) is 11.5 Å².